The Morgan fingerprint density at radius 1 is 1.14 bits per heavy atom. The first-order valence-electron chi connectivity index (χ1n) is 13.6. The zero-order chi connectivity index (χ0) is 26.5. The van der Waals surface area contributed by atoms with Crippen LogP contribution >= 0.6 is 0 Å². The Bertz CT molecular complexity index is 1130. The van der Waals surface area contributed by atoms with Crippen molar-refractivity contribution in [3.63, 3.8) is 0 Å². The predicted octanol–water partition coefficient (Wildman–Crippen LogP) is 3.89. The SMILES string of the molecule is CCOC(=O)CC1CC(OC)CN1C(=O)N1CCCC[C@H]1CCc1cc2ccc(C(=N)N)cc2n1CC. The van der Waals surface area contributed by atoms with E-state index in [1.807, 2.05) is 28.0 Å². The highest BCUT2D eigenvalue weighted by atomic mass is 16.5. The van der Waals surface area contributed by atoms with E-state index in [1.54, 1.807) is 14.0 Å². The molecule has 2 aliphatic rings. The summed E-state index contributed by atoms with van der Waals surface area (Å²) in [5.41, 5.74) is 8.77. The van der Waals surface area contributed by atoms with E-state index in [4.69, 9.17) is 20.6 Å². The number of nitrogen functional groups attached to an aromatic ring is 1. The molecule has 4 rings (SSSR count). The van der Waals surface area contributed by atoms with Crippen LogP contribution in [0.15, 0.2) is 24.3 Å². The fourth-order valence-corrected chi connectivity index (χ4v) is 5.98. The number of piperidine rings is 1. The van der Waals surface area contributed by atoms with Gasteiger partial charge in [0.1, 0.15) is 5.84 Å². The molecule has 2 aromatic rings. The van der Waals surface area contributed by atoms with Crippen molar-refractivity contribution in [1.29, 1.82) is 5.41 Å². The van der Waals surface area contributed by atoms with Crippen LogP contribution in [0.1, 0.15) is 63.6 Å². The summed E-state index contributed by atoms with van der Waals surface area (Å²) in [6.45, 7) is 6.34. The Balaban J connectivity index is 1.49. The summed E-state index contributed by atoms with van der Waals surface area (Å²) in [4.78, 5) is 29.9. The van der Waals surface area contributed by atoms with Crippen LogP contribution in [0, 0.1) is 5.41 Å². The van der Waals surface area contributed by atoms with E-state index in [-0.39, 0.29) is 42.4 Å². The first-order valence-corrected chi connectivity index (χ1v) is 13.6. The first-order chi connectivity index (χ1) is 17.9. The molecule has 9 nitrogen and oxygen atoms in total. The molecule has 0 aliphatic carbocycles. The number of hydrogen-bond donors (Lipinski definition) is 2. The van der Waals surface area contributed by atoms with Crippen molar-refractivity contribution in [1.82, 2.24) is 14.4 Å². The van der Waals surface area contributed by atoms with Crippen LogP contribution in [0.3, 0.4) is 0 Å². The summed E-state index contributed by atoms with van der Waals surface area (Å²) < 4.78 is 13.0. The highest BCUT2D eigenvalue weighted by Gasteiger charge is 2.40. The molecule has 2 aliphatic heterocycles. The van der Waals surface area contributed by atoms with E-state index >= 15 is 0 Å². The number of likely N-dealkylation sites (tertiary alicyclic amines) is 2. The van der Waals surface area contributed by atoms with Gasteiger partial charge in [-0.2, -0.15) is 0 Å². The summed E-state index contributed by atoms with van der Waals surface area (Å²) in [6.07, 6.45) is 5.62. The van der Waals surface area contributed by atoms with Gasteiger partial charge in [0.15, 0.2) is 0 Å². The Hall–Kier alpha value is -3.07. The van der Waals surface area contributed by atoms with Crippen LogP contribution in [-0.2, 0) is 27.2 Å². The van der Waals surface area contributed by atoms with Crippen molar-refractivity contribution in [2.24, 2.45) is 5.73 Å². The normalized spacial score (nSPS) is 22.0. The zero-order valence-electron chi connectivity index (χ0n) is 22.4. The van der Waals surface area contributed by atoms with Crippen LogP contribution in [-0.4, -0.2) is 77.2 Å². The topological polar surface area (TPSA) is 114 Å². The number of nitrogens with one attached hydrogen (secondary N) is 1. The number of ether oxygens (including phenoxy) is 2. The number of fused-ring (bicyclic) bond motifs is 1. The molecule has 0 saturated carbocycles. The molecule has 37 heavy (non-hydrogen) atoms. The minimum atomic E-state index is -0.266. The largest absolute Gasteiger partial charge is 0.466 e. The number of hydrogen-bond acceptors (Lipinski definition) is 5. The third-order valence-corrected chi connectivity index (χ3v) is 7.89. The second-order valence-corrected chi connectivity index (χ2v) is 10.1. The Morgan fingerprint density at radius 2 is 1.95 bits per heavy atom. The van der Waals surface area contributed by atoms with Crippen LogP contribution in [0.4, 0.5) is 4.79 Å². The maximum atomic E-state index is 13.8. The molecular weight excluding hydrogens is 470 g/mol. The lowest BCUT2D eigenvalue weighted by atomic mass is 9.97. The van der Waals surface area contributed by atoms with E-state index < -0.39 is 0 Å². The number of carbonyl (C=O) groups is 2. The molecule has 1 aromatic carbocycles. The Morgan fingerprint density at radius 3 is 2.65 bits per heavy atom. The van der Waals surface area contributed by atoms with Crippen LogP contribution in [0.25, 0.3) is 10.9 Å². The number of nitrogens with two attached hydrogens (primary N) is 1. The number of amides is 2. The molecule has 3 N–H and O–H groups in total. The van der Waals surface area contributed by atoms with Crippen molar-refractivity contribution in [3.05, 3.63) is 35.5 Å². The molecule has 1 aromatic heterocycles. The van der Waals surface area contributed by atoms with Gasteiger partial charge < -0.3 is 29.6 Å². The smallest absolute Gasteiger partial charge is 0.320 e. The standard InChI is InChI=1S/C28H41N5O4/c1-4-31-22(14-19-9-10-20(27(29)30)15-25(19)31)12-11-21-8-6-7-13-32(21)28(35)33-18-24(36-3)16-23(33)17-26(34)37-5-2/h9-10,14-15,21,23-24H,4-8,11-13,16-18H2,1-3H3,(H3,29,30)/t21-,23?,24?/m0/s1. The fourth-order valence-electron chi connectivity index (χ4n) is 5.98. The number of urea groups is 1. The van der Waals surface area contributed by atoms with Crippen molar-refractivity contribution < 1.29 is 19.1 Å². The monoisotopic (exact) mass is 511 g/mol. The van der Waals surface area contributed by atoms with Gasteiger partial charge in [-0.25, -0.2) is 4.79 Å². The van der Waals surface area contributed by atoms with Crippen LogP contribution < -0.4 is 5.73 Å². The van der Waals surface area contributed by atoms with E-state index in [0.29, 0.717) is 19.6 Å². The number of aryl methyl sites for hydroxylation is 2. The lowest BCUT2D eigenvalue weighted by molar-refractivity contribution is -0.144. The van der Waals surface area contributed by atoms with E-state index in [2.05, 4.69) is 17.6 Å². The molecule has 3 atom stereocenters. The van der Waals surface area contributed by atoms with Crippen molar-refractivity contribution in [2.75, 3.05) is 26.8 Å². The van der Waals surface area contributed by atoms with Crippen molar-refractivity contribution in [3.8, 4) is 0 Å². The lowest BCUT2D eigenvalue weighted by Gasteiger charge is -2.39. The number of nitrogens with zero attached hydrogens (tertiary/aromatic N) is 3. The second kappa shape index (κ2) is 12.0. The molecule has 3 heterocycles. The summed E-state index contributed by atoms with van der Waals surface area (Å²) in [6, 6.07) is 8.11. The molecule has 2 fully saturated rings. The summed E-state index contributed by atoms with van der Waals surface area (Å²) in [5, 5.41) is 8.93. The van der Waals surface area contributed by atoms with Gasteiger partial charge in [-0.1, -0.05) is 12.1 Å². The highest BCUT2D eigenvalue weighted by molar-refractivity contribution is 5.98. The predicted molar refractivity (Wildman–Crippen MR) is 144 cm³/mol. The maximum Gasteiger partial charge on any atom is 0.320 e. The number of amidine groups is 1. The molecule has 2 saturated heterocycles. The summed E-state index contributed by atoms with van der Waals surface area (Å²) in [5.74, 6) is -0.194. The van der Waals surface area contributed by atoms with E-state index in [1.165, 1.54) is 5.69 Å². The Kier molecular flexibility index (Phi) is 8.74. The summed E-state index contributed by atoms with van der Waals surface area (Å²) >= 11 is 0. The molecule has 0 radical (unpaired) electrons. The number of carbonyl (C=O) groups excluding carboxylic acids is 2. The Labute approximate surface area is 219 Å². The minimum Gasteiger partial charge on any atom is -0.466 e. The number of benzene rings is 1. The first kappa shape index (κ1) is 27.0. The van der Waals surface area contributed by atoms with Gasteiger partial charge in [-0.05, 0) is 69.9 Å². The molecule has 2 amide bonds. The minimum absolute atomic E-state index is 0.0145. The average Bonchev–Trinajstić information content (AvgIpc) is 3.47. The van der Waals surface area contributed by atoms with E-state index in [9.17, 15) is 9.59 Å². The van der Waals surface area contributed by atoms with Crippen molar-refractivity contribution >= 4 is 28.7 Å². The number of aromatic nitrogens is 1. The number of methoxy groups -OCH3 is 1. The third kappa shape index (κ3) is 5.92. The number of esters is 1. The maximum absolute atomic E-state index is 13.8. The van der Waals surface area contributed by atoms with Gasteiger partial charge in [0, 0.05) is 55.6 Å². The van der Waals surface area contributed by atoms with Crippen molar-refractivity contribution in [2.45, 2.75) is 83.5 Å². The molecule has 0 bridgehead atoms. The van der Waals surface area contributed by atoms with E-state index in [0.717, 1.165) is 61.7 Å². The second-order valence-electron chi connectivity index (χ2n) is 10.1. The summed E-state index contributed by atoms with van der Waals surface area (Å²) in [7, 11) is 1.66. The number of rotatable bonds is 9. The van der Waals surface area contributed by atoms with Gasteiger partial charge >= 0.3 is 12.0 Å². The highest BCUT2D eigenvalue weighted by Crippen LogP contribution is 2.30. The quantitative estimate of drug-likeness (QED) is 0.301. The lowest BCUT2D eigenvalue weighted by Crippen LogP contribution is -2.52. The molecular formula is C28H41N5O4. The van der Waals surface area contributed by atoms with Gasteiger partial charge in [0.2, 0.25) is 0 Å². The molecule has 9 heteroatoms. The van der Waals surface area contributed by atoms with Gasteiger partial charge in [-0.3, -0.25) is 10.2 Å². The fraction of sp³-hybridized carbons (Fsp3) is 0.607. The van der Waals surface area contributed by atoms with Gasteiger partial charge in [0.05, 0.1) is 19.1 Å². The van der Waals surface area contributed by atoms with Crippen LogP contribution in [0.2, 0.25) is 0 Å². The average molecular weight is 512 g/mol. The zero-order valence-corrected chi connectivity index (χ0v) is 22.4. The van der Waals surface area contributed by atoms with Gasteiger partial charge in [-0.15, -0.1) is 0 Å². The van der Waals surface area contributed by atoms with Crippen LogP contribution in [0.5, 0.6) is 0 Å². The molecule has 2 unspecified atom stereocenters. The van der Waals surface area contributed by atoms with Gasteiger partial charge in [0.25, 0.3) is 0 Å². The molecule has 202 valence electrons. The molecule has 0 spiro atoms. The third-order valence-electron chi connectivity index (χ3n) is 7.89.